The summed E-state index contributed by atoms with van der Waals surface area (Å²) in [6, 6.07) is 12.4. The number of hydrogen-bond acceptors (Lipinski definition) is 3. The van der Waals surface area contributed by atoms with Gasteiger partial charge in [-0.3, -0.25) is 5.32 Å². The van der Waals surface area contributed by atoms with Crippen molar-refractivity contribution in [2.45, 2.75) is 37.5 Å². The molecule has 0 spiro atoms. The van der Waals surface area contributed by atoms with Crippen LogP contribution in [0.2, 0.25) is 0 Å². The Balaban J connectivity index is 2.80. The molecule has 18 heavy (non-hydrogen) atoms. The number of rotatable bonds is 5. The van der Waals surface area contributed by atoms with Gasteiger partial charge in [-0.1, -0.05) is 51.1 Å². The van der Waals surface area contributed by atoms with E-state index in [1.807, 2.05) is 49.1 Å². The molecule has 1 aromatic rings. The number of thioether (sulfide) groups is 1. The summed E-state index contributed by atoms with van der Waals surface area (Å²) in [7, 11) is 1.86. The highest BCUT2D eigenvalue weighted by molar-refractivity contribution is 8.00. The molecule has 0 aliphatic rings. The zero-order valence-corrected chi connectivity index (χ0v) is 12.5. The fourth-order valence-electron chi connectivity index (χ4n) is 1.82. The lowest BCUT2D eigenvalue weighted by atomic mass is 9.89. The van der Waals surface area contributed by atoms with Crippen molar-refractivity contribution < 1.29 is 0 Å². The van der Waals surface area contributed by atoms with Crippen molar-refractivity contribution in [3.8, 4) is 6.07 Å². The van der Waals surface area contributed by atoms with Crippen LogP contribution in [0.15, 0.2) is 30.3 Å². The Kier molecular flexibility index (Phi) is 5.25. The molecule has 0 amide bonds. The van der Waals surface area contributed by atoms with Crippen LogP contribution < -0.4 is 5.32 Å². The minimum Gasteiger partial charge on any atom is -0.299 e. The Morgan fingerprint density at radius 2 is 1.83 bits per heavy atom. The van der Waals surface area contributed by atoms with Gasteiger partial charge in [0.2, 0.25) is 0 Å². The fourth-order valence-corrected chi connectivity index (χ4v) is 2.84. The third-order valence-electron chi connectivity index (χ3n) is 2.90. The molecule has 1 unspecified atom stereocenters. The van der Waals surface area contributed by atoms with Crippen molar-refractivity contribution in [2.24, 2.45) is 0 Å². The number of benzene rings is 1. The molecule has 3 heteroatoms. The van der Waals surface area contributed by atoms with Crippen LogP contribution in [0, 0.1) is 11.3 Å². The normalized spacial score (nSPS) is 14.8. The maximum atomic E-state index is 9.54. The van der Waals surface area contributed by atoms with Gasteiger partial charge in [0, 0.05) is 4.75 Å². The Morgan fingerprint density at radius 1 is 1.22 bits per heavy atom. The standard InChI is InChI=1S/C15H22N2S/c1-14(2,3)18-11-10-15(12-16,17-4)13-8-6-5-7-9-13/h5-9,17H,10-11H2,1-4H3. The highest BCUT2D eigenvalue weighted by Crippen LogP contribution is 2.30. The van der Waals surface area contributed by atoms with Crippen LogP contribution in [0.3, 0.4) is 0 Å². The summed E-state index contributed by atoms with van der Waals surface area (Å²) in [5.74, 6) is 0.965. The average molecular weight is 262 g/mol. The predicted molar refractivity (Wildman–Crippen MR) is 79.6 cm³/mol. The van der Waals surface area contributed by atoms with Crippen LogP contribution in [0.1, 0.15) is 32.8 Å². The third-order valence-corrected chi connectivity index (χ3v) is 4.17. The van der Waals surface area contributed by atoms with Crippen molar-refractivity contribution in [1.29, 1.82) is 5.26 Å². The van der Waals surface area contributed by atoms with Crippen molar-refractivity contribution in [3.05, 3.63) is 35.9 Å². The van der Waals surface area contributed by atoms with Gasteiger partial charge in [-0.25, -0.2) is 0 Å². The van der Waals surface area contributed by atoms with Crippen LogP contribution in [0.4, 0.5) is 0 Å². The largest absolute Gasteiger partial charge is 0.299 e. The van der Waals surface area contributed by atoms with Gasteiger partial charge in [0.05, 0.1) is 6.07 Å². The van der Waals surface area contributed by atoms with E-state index in [1.165, 1.54) is 0 Å². The van der Waals surface area contributed by atoms with Crippen molar-refractivity contribution >= 4 is 11.8 Å². The van der Waals surface area contributed by atoms with E-state index in [1.54, 1.807) is 0 Å². The molecule has 0 aliphatic heterocycles. The molecule has 2 nitrogen and oxygen atoms in total. The molecular weight excluding hydrogens is 240 g/mol. The van der Waals surface area contributed by atoms with Crippen molar-refractivity contribution in [3.63, 3.8) is 0 Å². The molecule has 1 rings (SSSR count). The monoisotopic (exact) mass is 262 g/mol. The van der Waals surface area contributed by atoms with Gasteiger partial charge in [0.1, 0.15) is 5.54 Å². The first-order valence-electron chi connectivity index (χ1n) is 6.23. The van der Waals surface area contributed by atoms with Gasteiger partial charge in [-0.05, 0) is 24.8 Å². The Bertz CT molecular complexity index is 403. The summed E-state index contributed by atoms with van der Waals surface area (Å²) < 4.78 is 0.242. The molecule has 0 aromatic heterocycles. The zero-order chi connectivity index (χ0) is 13.6. The third kappa shape index (κ3) is 4.04. The van der Waals surface area contributed by atoms with Gasteiger partial charge in [-0.2, -0.15) is 17.0 Å². The predicted octanol–water partition coefficient (Wildman–Crippen LogP) is 3.55. The molecule has 0 aliphatic carbocycles. The van der Waals surface area contributed by atoms with Gasteiger partial charge in [-0.15, -0.1) is 0 Å². The highest BCUT2D eigenvalue weighted by atomic mass is 32.2. The van der Waals surface area contributed by atoms with Crippen LogP contribution in [-0.2, 0) is 5.54 Å². The summed E-state index contributed by atoms with van der Waals surface area (Å²) in [4.78, 5) is 0. The first kappa shape index (κ1) is 15.1. The second kappa shape index (κ2) is 6.26. The van der Waals surface area contributed by atoms with Crippen molar-refractivity contribution in [1.82, 2.24) is 5.32 Å². The lowest BCUT2D eigenvalue weighted by Crippen LogP contribution is -2.39. The lowest BCUT2D eigenvalue weighted by Gasteiger charge is -2.28. The Hall–Kier alpha value is -0.980. The van der Waals surface area contributed by atoms with E-state index in [9.17, 15) is 5.26 Å². The minimum absolute atomic E-state index is 0.242. The quantitative estimate of drug-likeness (QED) is 0.881. The molecule has 1 aromatic carbocycles. The summed E-state index contributed by atoms with van der Waals surface area (Å²) in [5.41, 5.74) is 0.476. The molecule has 0 heterocycles. The van der Waals surface area contributed by atoms with Crippen LogP contribution >= 0.6 is 11.8 Å². The average Bonchev–Trinajstić information content (AvgIpc) is 2.35. The SMILES string of the molecule is CNC(C#N)(CCSC(C)(C)C)c1ccccc1. The number of nitrogens with one attached hydrogen (secondary N) is 1. The summed E-state index contributed by atoms with van der Waals surface area (Å²) in [6.07, 6.45) is 0.811. The summed E-state index contributed by atoms with van der Waals surface area (Å²) >= 11 is 1.89. The highest BCUT2D eigenvalue weighted by Gasteiger charge is 2.30. The van der Waals surface area contributed by atoms with Gasteiger partial charge in [0.15, 0.2) is 0 Å². The van der Waals surface area contributed by atoms with Crippen LogP contribution in [0.25, 0.3) is 0 Å². The van der Waals surface area contributed by atoms with Crippen LogP contribution in [-0.4, -0.2) is 17.5 Å². The van der Waals surface area contributed by atoms with Gasteiger partial charge < -0.3 is 0 Å². The minimum atomic E-state index is -0.570. The van der Waals surface area contributed by atoms with Crippen molar-refractivity contribution in [2.75, 3.05) is 12.8 Å². The Labute approximate surface area is 115 Å². The molecule has 0 bridgehead atoms. The topological polar surface area (TPSA) is 35.8 Å². The molecule has 0 fully saturated rings. The number of nitriles is 1. The van der Waals surface area contributed by atoms with E-state index >= 15 is 0 Å². The zero-order valence-electron chi connectivity index (χ0n) is 11.7. The Morgan fingerprint density at radius 3 is 2.28 bits per heavy atom. The van der Waals surface area contributed by atoms with E-state index in [2.05, 4.69) is 32.2 Å². The smallest absolute Gasteiger partial charge is 0.132 e. The fraction of sp³-hybridized carbons (Fsp3) is 0.533. The molecule has 98 valence electrons. The molecule has 0 radical (unpaired) electrons. The summed E-state index contributed by atoms with van der Waals surface area (Å²) in [6.45, 7) is 6.61. The second-order valence-corrected chi connectivity index (χ2v) is 7.27. The molecule has 0 saturated carbocycles. The van der Waals surface area contributed by atoms with E-state index in [4.69, 9.17) is 0 Å². The lowest BCUT2D eigenvalue weighted by molar-refractivity contribution is 0.456. The van der Waals surface area contributed by atoms with E-state index < -0.39 is 5.54 Å². The van der Waals surface area contributed by atoms with E-state index in [0.29, 0.717) is 0 Å². The molecule has 0 saturated heterocycles. The summed E-state index contributed by atoms with van der Waals surface area (Å²) in [5, 5.41) is 12.7. The molecular formula is C15H22N2S. The van der Waals surface area contributed by atoms with Crippen LogP contribution in [0.5, 0.6) is 0 Å². The van der Waals surface area contributed by atoms with E-state index in [0.717, 1.165) is 17.7 Å². The second-order valence-electron chi connectivity index (χ2n) is 5.34. The number of hydrogen-bond donors (Lipinski definition) is 1. The van der Waals surface area contributed by atoms with Gasteiger partial charge in [0.25, 0.3) is 0 Å². The first-order chi connectivity index (χ1) is 8.43. The van der Waals surface area contributed by atoms with Gasteiger partial charge >= 0.3 is 0 Å². The number of nitrogens with zero attached hydrogens (tertiary/aromatic N) is 1. The maximum absolute atomic E-state index is 9.54. The molecule has 1 N–H and O–H groups in total. The first-order valence-corrected chi connectivity index (χ1v) is 7.22. The van der Waals surface area contributed by atoms with E-state index in [-0.39, 0.29) is 4.75 Å². The molecule has 1 atom stereocenters. The maximum Gasteiger partial charge on any atom is 0.132 e.